The lowest BCUT2D eigenvalue weighted by molar-refractivity contribution is 0.133. The van der Waals surface area contributed by atoms with Crippen LogP contribution in [0.5, 0.6) is 0 Å². The van der Waals surface area contributed by atoms with Gasteiger partial charge in [0.05, 0.1) is 12.1 Å². The zero-order chi connectivity index (χ0) is 24.0. The van der Waals surface area contributed by atoms with Crippen molar-refractivity contribution in [3.63, 3.8) is 0 Å². The van der Waals surface area contributed by atoms with Gasteiger partial charge in [0.15, 0.2) is 11.2 Å². The van der Waals surface area contributed by atoms with Crippen LogP contribution in [-0.2, 0) is 23.4 Å². The number of halogens is 1. The minimum absolute atomic E-state index is 0.0557. The van der Waals surface area contributed by atoms with Gasteiger partial charge in [0, 0.05) is 13.1 Å². The Morgan fingerprint density at radius 3 is 2.52 bits per heavy atom. The number of amides is 1. The van der Waals surface area contributed by atoms with Gasteiger partial charge in [-0.25, -0.2) is 9.59 Å². The van der Waals surface area contributed by atoms with Gasteiger partial charge in [0.2, 0.25) is 5.28 Å². The van der Waals surface area contributed by atoms with Gasteiger partial charge >= 0.3 is 11.8 Å². The number of unbranched alkanes of at least 4 members (excludes halogenated alkanes) is 2. The Balaban J connectivity index is 1.66. The van der Waals surface area contributed by atoms with Crippen LogP contribution in [0.4, 0.5) is 4.79 Å². The average molecular weight is 476 g/mol. The normalized spacial score (nSPS) is 11.6. The number of alkyl carbamates (subject to hydrolysis) is 1. The van der Waals surface area contributed by atoms with Crippen LogP contribution in [0.1, 0.15) is 52.0 Å². The molecule has 0 fully saturated rings. The zero-order valence-corrected chi connectivity index (χ0v) is 19.9. The van der Waals surface area contributed by atoms with Crippen LogP contribution in [0.15, 0.2) is 39.9 Å². The number of rotatable bonds is 10. The third-order valence-corrected chi connectivity index (χ3v) is 5.67. The molecule has 0 aliphatic carbocycles. The lowest BCUT2D eigenvalue weighted by atomic mass is 9.95. The standard InChI is InChI=1S/C23H30ClN5O4/c1-4-5-9-13-28-18-17(25-20(24)26-18)19(30)29(22(28)32)14-10-15-33-21(31)27-23(2,3)16-11-7-6-8-12-16/h6-8,11-12H,4-5,9-10,13-15H2,1-3H3,(H,25,26)(H,27,31). The number of aromatic nitrogens is 4. The van der Waals surface area contributed by atoms with E-state index in [1.165, 1.54) is 4.57 Å². The third-order valence-electron chi connectivity index (χ3n) is 5.49. The third kappa shape index (κ3) is 5.84. The number of fused-ring (bicyclic) bond motifs is 1. The number of H-pyrrole nitrogens is 1. The molecule has 2 aromatic heterocycles. The summed E-state index contributed by atoms with van der Waals surface area (Å²) in [6.45, 7) is 6.44. The first-order valence-electron chi connectivity index (χ1n) is 11.1. The van der Waals surface area contributed by atoms with Crippen LogP contribution in [0.25, 0.3) is 11.2 Å². The first-order valence-corrected chi connectivity index (χ1v) is 11.5. The van der Waals surface area contributed by atoms with E-state index in [1.54, 1.807) is 0 Å². The molecule has 0 spiro atoms. The summed E-state index contributed by atoms with van der Waals surface area (Å²) in [7, 11) is 0. The molecule has 33 heavy (non-hydrogen) atoms. The van der Waals surface area contributed by atoms with Gasteiger partial charge in [-0.3, -0.25) is 13.9 Å². The molecule has 1 amide bonds. The van der Waals surface area contributed by atoms with E-state index in [1.807, 2.05) is 44.2 Å². The highest BCUT2D eigenvalue weighted by atomic mass is 35.5. The van der Waals surface area contributed by atoms with E-state index in [-0.39, 0.29) is 29.6 Å². The molecule has 9 nitrogen and oxygen atoms in total. The smallest absolute Gasteiger partial charge is 0.407 e. The van der Waals surface area contributed by atoms with Gasteiger partial charge in [-0.2, -0.15) is 4.98 Å². The van der Waals surface area contributed by atoms with Crippen LogP contribution in [0.3, 0.4) is 0 Å². The van der Waals surface area contributed by atoms with Crippen LogP contribution >= 0.6 is 11.6 Å². The number of benzene rings is 1. The number of ether oxygens (including phenoxy) is 1. The summed E-state index contributed by atoms with van der Waals surface area (Å²) in [4.78, 5) is 44.9. The highest BCUT2D eigenvalue weighted by Crippen LogP contribution is 2.19. The number of carbonyl (C=O) groups excluding carboxylic acids is 1. The van der Waals surface area contributed by atoms with Gasteiger partial charge in [-0.05, 0) is 43.9 Å². The van der Waals surface area contributed by atoms with Crippen molar-refractivity contribution >= 4 is 28.9 Å². The number of aryl methyl sites for hydroxylation is 1. The lowest BCUT2D eigenvalue weighted by Crippen LogP contribution is -2.42. The largest absolute Gasteiger partial charge is 0.449 e. The van der Waals surface area contributed by atoms with Crippen molar-refractivity contribution in [1.82, 2.24) is 24.4 Å². The molecule has 3 aromatic rings. The molecule has 0 aliphatic rings. The molecular weight excluding hydrogens is 446 g/mol. The number of carbonyl (C=O) groups is 1. The maximum Gasteiger partial charge on any atom is 0.407 e. The molecule has 0 radical (unpaired) electrons. The second-order valence-corrected chi connectivity index (χ2v) is 8.79. The summed E-state index contributed by atoms with van der Waals surface area (Å²) in [5, 5.41) is 2.90. The van der Waals surface area contributed by atoms with Crippen molar-refractivity contribution < 1.29 is 9.53 Å². The quantitative estimate of drug-likeness (QED) is 0.342. The van der Waals surface area contributed by atoms with Gasteiger partial charge < -0.3 is 15.0 Å². The second-order valence-electron chi connectivity index (χ2n) is 8.43. The molecule has 2 N–H and O–H groups in total. The molecule has 0 saturated heterocycles. The monoisotopic (exact) mass is 475 g/mol. The van der Waals surface area contributed by atoms with Gasteiger partial charge in [-0.1, -0.05) is 50.1 Å². The van der Waals surface area contributed by atoms with Crippen molar-refractivity contribution in [1.29, 1.82) is 0 Å². The summed E-state index contributed by atoms with van der Waals surface area (Å²) >= 11 is 5.96. The fraction of sp³-hybridized carbons (Fsp3) is 0.478. The topological polar surface area (TPSA) is 111 Å². The van der Waals surface area contributed by atoms with E-state index < -0.39 is 22.9 Å². The van der Waals surface area contributed by atoms with Crippen LogP contribution in [0, 0.1) is 0 Å². The Bertz CT molecular complexity index is 1210. The predicted molar refractivity (Wildman–Crippen MR) is 128 cm³/mol. The van der Waals surface area contributed by atoms with E-state index in [9.17, 15) is 14.4 Å². The van der Waals surface area contributed by atoms with E-state index in [2.05, 4.69) is 22.2 Å². The van der Waals surface area contributed by atoms with Crippen molar-refractivity contribution in [2.75, 3.05) is 6.61 Å². The maximum absolute atomic E-state index is 13.0. The molecule has 0 atom stereocenters. The summed E-state index contributed by atoms with van der Waals surface area (Å²) in [6, 6.07) is 9.57. The molecular formula is C23H30ClN5O4. The molecule has 0 aliphatic heterocycles. The molecule has 0 saturated carbocycles. The van der Waals surface area contributed by atoms with E-state index >= 15 is 0 Å². The Kier molecular flexibility index (Phi) is 7.97. The Morgan fingerprint density at radius 1 is 1.12 bits per heavy atom. The van der Waals surface area contributed by atoms with Crippen LogP contribution in [0.2, 0.25) is 5.28 Å². The Labute approximate surface area is 196 Å². The number of imidazole rings is 1. The number of hydrogen-bond acceptors (Lipinski definition) is 5. The average Bonchev–Trinajstić information content (AvgIpc) is 3.17. The predicted octanol–water partition coefficient (Wildman–Crippen LogP) is 3.78. The fourth-order valence-electron chi connectivity index (χ4n) is 3.66. The highest BCUT2D eigenvalue weighted by molar-refractivity contribution is 6.28. The van der Waals surface area contributed by atoms with Crippen molar-refractivity contribution in [2.45, 2.75) is 65.1 Å². The van der Waals surface area contributed by atoms with Crippen molar-refractivity contribution in [3.8, 4) is 0 Å². The summed E-state index contributed by atoms with van der Waals surface area (Å²) in [6.07, 6.45) is 2.47. The molecule has 0 bridgehead atoms. The Morgan fingerprint density at radius 2 is 1.82 bits per heavy atom. The first-order chi connectivity index (χ1) is 15.7. The second kappa shape index (κ2) is 10.7. The van der Waals surface area contributed by atoms with E-state index in [0.29, 0.717) is 13.0 Å². The maximum atomic E-state index is 13.0. The highest BCUT2D eigenvalue weighted by Gasteiger charge is 2.23. The Hall–Kier alpha value is -3.07. The summed E-state index contributed by atoms with van der Waals surface area (Å²) in [5.74, 6) is 0. The zero-order valence-electron chi connectivity index (χ0n) is 19.2. The van der Waals surface area contributed by atoms with Gasteiger partial charge in [-0.15, -0.1) is 0 Å². The van der Waals surface area contributed by atoms with Gasteiger partial charge in [0.25, 0.3) is 5.56 Å². The van der Waals surface area contributed by atoms with Crippen LogP contribution in [-0.4, -0.2) is 31.8 Å². The van der Waals surface area contributed by atoms with Crippen molar-refractivity contribution in [3.05, 3.63) is 62.0 Å². The minimum atomic E-state index is -0.605. The van der Waals surface area contributed by atoms with Crippen LogP contribution < -0.4 is 16.6 Å². The molecule has 0 unspecified atom stereocenters. The summed E-state index contributed by atoms with van der Waals surface area (Å²) in [5.41, 5.74) is -0.131. The van der Waals surface area contributed by atoms with Gasteiger partial charge in [0.1, 0.15) is 0 Å². The molecule has 2 heterocycles. The lowest BCUT2D eigenvalue weighted by Gasteiger charge is -2.26. The molecule has 178 valence electrons. The minimum Gasteiger partial charge on any atom is -0.449 e. The molecule has 10 heteroatoms. The number of aromatic amines is 1. The number of hydrogen-bond donors (Lipinski definition) is 2. The van der Waals surface area contributed by atoms with Crippen molar-refractivity contribution in [2.24, 2.45) is 0 Å². The molecule has 1 aromatic carbocycles. The van der Waals surface area contributed by atoms with E-state index in [4.69, 9.17) is 16.3 Å². The number of nitrogens with zero attached hydrogens (tertiary/aromatic N) is 3. The van der Waals surface area contributed by atoms with E-state index in [0.717, 1.165) is 29.4 Å². The first kappa shape index (κ1) is 24.6. The fourth-order valence-corrected chi connectivity index (χ4v) is 3.84. The number of nitrogens with one attached hydrogen (secondary N) is 2. The SMILES string of the molecule is CCCCCn1c(=O)n(CCCOC(=O)NC(C)(C)c2ccccc2)c(=O)c2[nH]c(Cl)nc21. The summed E-state index contributed by atoms with van der Waals surface area (Å²) < 4.78 is 7.90. The molecule has 3 rings (SSSR count).